The van der Waals surface area contributed by atoms with Crippen LogP contribution in [0.5, 0.6) is 0 Å². The molecule has 13 heavy (non-hydrogen) atoms. The lowest BCUT2D eigenvalue weighted by molar-refractivity contribution is 0.288. The van der Waals surface area contributed by atoms with Crippen LogP contribution in [0.3, 0.4) is 0 Å². The van der Waals surface area contributed by atoms with Crippen LogP contribution in [-0.2, 0) is 13.0 Å². The largest absolute Gasteiger partial charge is 0.396 e. The van der Waals surface area contributed by atoms with Crippen LogP contribution in [0.1, 0.15) is 18.4 Å². The predicted octanol–water partition coefficient (Wildman–Crippen LogP) is 1.38. The van der Waals surface area contributed by atoms with E-state index < -0.39 is 0 Å². The van der Waals surface area contributed by atoms with E-state index in [1.54, 1.807) is 0 Å². The molecule has 0 bridgehead atoms. The molecule has 1 N–H and O–H groups in total. The number of hydrogen-bond acceptors (Lipinski definition) is 2. The smallest absolute Gasteiger partial charge is 0.0521 e. The summed E-state index contributed by atoms with van der Waals surface area (Å²) in [7, 11) is 0. The molecule has 0 aliphatic rings. The number of aryl methyl sites for hydroxylation is 2. The molecule has 1 rings (SSSR count). The first-order chi connectivity index (χ1) is 6.36. The van der Waals surface area contributed by atoms with Gasteiger partial charge in [-0.1, -0.05) is 6.08 Å². The minimum Gasteiger partial charge on any atom is -0.396 e. The van der Waals surface area contributed by atoms with Gasteiger partial charge in [-0.2, -0.15) is 5.10 Å². The van der Waals surface area contributed by atoms with Crippen molar-refractivity contribution < 1.29 is 5.11 Å². The molecule has 1 aromatic rings. The van der Waals surface area contributed by atoms with Gasteiger partial charge in [-0.25, -0.2) is 0 Å². The van der Waals surface area contributed by atoms with E-state index in [1.165, 1.54) is 5.56 Å². The van der Waals surface area contributed by atoms with Crippen LogP contribution < -0.4 is 0 Å². The molecular weight excluding hydrogens is 164 g/mol. The van der Waals surface area contributed by atoms with E-state index >= 15 is 0 Å². The predicted molar refractivity (Wildman–Crippen MR) is 52.4 cm³/mol. The highest BCUT2D eigenvalue weighted by atomic mass is 16.2. The van der Waals surface area contributed by atoms with Gasteiger partial charge >= 0.3 is 0 Å². The van der Waals surface area contributed by atoms with Crippen molar-refractivity contribution in [3.05, 3.63) is 30.6 Å². The molecule has 1 heterocycles. The zero-order chi connectivity index (χ0) is 9.52. The highest BCUT2D eigenvalue weighted by molar-refractivity contribution is 5.03. The van der Waals surface area contributed by atoms with Crippen LogP contribution in [-0.4, -0.2) is 21.5 Å². The third-order valence-electron chi connectivity index (χ3n) is 1.87. The first kappa shape index (κ1) is 9.99. The molecule has 72 valence electrons. The van der Waals surface area contributed by atoms with Gasteiger partial charge in [-0.15, -0.1) is 6.58 Å². The number of aliphatic hydroxyl groups excluding tert-OH is 1. The Bertz CT molecular complexity index is 255. The first-order valence-electron chi connectivity index (χ1n) is 4.60. The van der Waals surface area contributed by atoms with Gasteiger partial charge in [0.05, 0.1) is 6.20 Å². The molecule has 0 saturated heterocycles. The second-order valence-electron chi connectivity index (χ2n) is 3.02. The maximum Gasteiger partial charge on any atom is 0.0521 e. The maximum atomic E-state index is 8.64. The van der Waals surface area contributed by atoms with Crippen LogP contribution in [0.15, 0.2) is 25.0 Å². The van der Waals surface area contributed by atoms with Crippen molar-refractivity contribution in [1.29, 1.82) is 0 Å². The lowest BCUT2D eigenvalue weighted by atomic mass is 10.2. The second kappa shape index (κ2) is 5.54. The van der Waals surface area contributed by atoms with Crippen molar-refractivity contribution in [2.45, 2.75) is 25.8 Å². The van der Waals surface area contributed by atoms with Crippen molar-refractivity contribution >= 4 is 0 Å². The van der Waals surface area contributed by atoms with Crippen molar-refractivity contribution in [3.8, 4) is 0 Å². The molecule has 0 radical (unpaired) electrons. The Morgan fingerprint density at radius 1 is 1.62 bits per heavy atom. The van der Waals surface area contributed by atoms with E-state index in [4.69, 9.17) is 5.11 Å². The van der Waals surface area contributed by atoms with E-state index in [0.29, 0.717) is 0 Å². The molecule has 0 saturated carbocycles. The summed E-state index contributed by atoms with van der Waals surface area (Å²) in [5.41, 5.74) is 1.19. The fourth-order valence-electron chi connectivity index (χ4n) is 1.16. The number of rotatable bonds is 6. The SMILES string of the molecule is C=CCCn1cc(CCCO)cn1. The summed E-state index contributed by atoms with van der Waals surface area (Å²) in [6.07, 6.45) is 8.44. The van der Waals surface area contributed by atoms with E-state index in [9.17, 15) is 0 Å². The van der Waals surface area contributed by atoms with Gasteiger partial charge in [0.15, 0.2) is 0 Å². The number of allylic oxidation sites excluding steroid dienone is 1. The summed E-state index contributed by atoms with van der Waals surface area (Å²) in [6.45, 7) is 4.80. The summed E-state index contributed by atoms with van der Waals surface area (Å²) in [6, 6.07) is 0. The molecule has 1 aromatic heterocycles. The van der Waals surface area contributed by atoms with E-state index in [0.717, 1.165) is 25.8 Å². The average Bonchev–Trinajstić information content (AvgIpc) is 2.59. The molecule has 0 spiro atoms. The van der Waals surface area contributed by atoms with Crippen molar-refractivity contribution in [2.24, 2.45) is 0 Å². The minimum absolute atomic E-state index is 0.248. The van der Waals surface area contributed by atoms with Gasteiger partial charge in [0, 0.05) is 19.3 Å². The molecule has 0 atom stereocenters. The zero-order valence-electron chi connectivity index (χ0n) is 7.82. The lowest BCUT2D eigenvalue weighted by Crippen LogP contribution is -1.96. The number of nitrogens with zero attached hydrogens (tertiary/aromatic N) is 2. The molecule has 0 aliphatic heterocycles. The van der Waals surface area contributed by atoms with Crippen molar-refractivity contribution in [3.63, 3.8) is 0 Å². The number of hydrogen-bond donors (Lipinski definition) is 1. The van der Waals surface area contributed by atoms with Crippen molar-refractivity contribution in [1.82, 2.24) is 9.78 Å². The Kier molecular flexibility index (Phi) is 4.26. The van der Waals surface area contributed by atoms with Crippen LogP contribution in [0.2, 0.25) is 0 Å². The van der Waals surface area contributed by atoms with Crippen LogP contribution in [0.4, 0.5) is 0 Å². The van der Waals surface area contributed by atoms with Crippen LogP contribution >= 0.6 is 0 Å². The minimum atomic E-state index is 0.248. The maximum absolute atomic E-state index is 8.64. The Hall–Kier alpha value is -1.09. The third-order valence-corrected chi connectivity index (χ3v) is 1.87. The molecule has 0 aromatic carbocycles. The van der Waals surface area contributed by atoms with Gasteiger partial charge in [0.25, 0.3) is 0 Å². The summed E-state index contributed by atoms with van der Waals surface area (Å²) in [5, 5.41) is 12.8. The van der Waals surface area contributed by atoms with Gasteiger partial charge in [0.1, 0.15) is 0 Å². The van der Waals surface area contributed by atoms with Gasteiger partial charge in [0.2, 0.25) is 0 Å². The Balaban J connectivity index is 2.38. The Morgan fingerprint density at radius 2 is 2.46 bits per heavy atom. The molecule has 3 heteroatoms. The molecule has 0 aliphatic carbocycles. The lowest BCUT2D eigenvalue weighted by Gasteiger charge is -1.95. The highest BCUT2D eigenvalue weighted by Crippen LogP contribution is 2.02. The summed E-state index contributed by atoms with van der Waals surface area (Å²) >= 11 is 0. The monoisotopic (exact) mass is 180 g/mol. The molecule has 3 nitrogen and oxygen atoms in total. The van der Waals surface area contributed by atoms with E-state index in [-0.39, 0.29) is 6.61 Å². The number of aromatic nitrogens is 2. The quantitative estimate of drug-likeness (QED) is 0.672. The molecule has 0 amide bonds. The Labute approximate surface area is 78.7 Å². The van der Waals surface area contributed by atoms with Gasteiger partial charge in [-0.05, 0) is 24.8 Å². The summed E-state index contributed by atoms with van der Waals surface area (Å²) in [4.78, 5) is 0. The fraction of sp³-hybridized carbons (Fsp3) is 0.500. The van der Waals surface area contributed by atoms with Gasteiger partial charge in [-0.3, -0.25) is 4.68 Å². The summed E-state index contributed by atoms with van der Waals surface area (Å²) in [5.74, 6) is 0. The highest BCUT2D eigenvalue weighted by Gasteiger charge is 1.96. The Morgan fingerprint density at radius 3 is 3.15 bits per heavy atom. The number of aliphatic hydroxyl groups is 1. The zero-order valence-corrected chi connectivity index (χ0v) is 7.82. The van der Waals surface area contributed by atoms with Gasteiger partial charge < -0.3 is 5.11 Å². The summed E-state index contributed by atoms with van der Waals surface area (Å²) < 4.78 is 1.91. The van der Waals surface area contributed by atoms with Crippen LogP contribution in [0, 0.1) is 0 Å². The second-order valence-corrected chi connectivity index (χ2v) is 3.02. The third kappa shape index (κ3) is 3.42. The first-order valence-corrected chi connectivity index (χ1v) is 4.60. The molecule has 0 fully saturated rings. The van der Waals surface area contributed by atoms with E-state index in [1.807, 2.05) is 23.2 Å². The molecular formula is C10H16N2O. The normalized spacial score (nSPS) is 10.2. The van der Waals surface area contributed by atoms with Crippen molar-refractivity contribution in [2.75, 3.05) is 6.61 Å². The molecule has 0 unspecified atom stereocenters. The fourth-order valence-corrected chi connectivity index (χ4v) is 1.16. The van der Waals surface area contributed by atoms with E-state index in [2.05, 4.69) is 11.7 Å². The van der Waals surface area contributed by atoms with Crippen LogP contribution in [0.25, 0.3) is 0 Å². The average molecular weight is 180 g/mol. The topological polar surface area (TPSA) is 38.0 Å². The standard InChI is InChI=1S/C10H16N2O/c1-2-3-6-12-9-10(8-11-12)5-4-7-13/h2,8-9,13H,1,3-7H2.